The molecule has 1 aromatic rings. The standard InChI is InChI=1S/C25H41N5O3/c1-17-8-21(29-11-18(2)28(14-24(29,6)7)20-12-32-13-20)26-30(17)19-9-25(10-19)15-27(16-25)22(31)33-23(3,4)5/h8,18-20H,9-16H2,1-7H3. The van der Waals surface area contributed by atoms with Crippen molar-refractivity contribution in [1.82, 2.24) is 19.6 Å². The molecule has 1 unspecified atom stereocenters. The van der Waals surface area contributed by atoms with Crippen molar-refractivity contribution < 1.29 is 14.3 Å². The Balaban J connectivity index is 1.21. The maximum absolute atomic E-state index is 12.3. The smallest absolute Gasteiger partial charge is 0.410 e. The Labute approximate surface area is 198 Å². The van der Waals surface area contributed by atoms with Crippen LogP contribution in [0.5, 0.6) is 0 Å². The van der Waals surface area contributed by atoms with Gasteiger partial charge in [0.1, 0.15) is 5.60 Å². The fourth-order valence-electron chi connectivity index (χ4n) is 6.17. The lowest BCUT2D eigenvalue weighted by Gasteiger charge is -2.58. The van der Waals surface area contributed by atoms with E-state index in [-0.39, 0.29) is 17.0 Å². The largest absolute Gasteiger partial charge is 0.444 e. The molecule has 3 aliphatic heterocycles. The molecule has 4 aliphatic rings. The fraction of sp³-hybridized carbons (Fsp3) is 0.840. The number of rotatable bonds is 3. The third kappa shape index (κ3) is 4.14. The minimum atomic E-state index is -0.438. The number of hydrogen-bond acceptors (Lipinski definition) is 6. The predicted octanol–water partition coefficient (Wildman–Crippen LogP) is 3.45. The van der Waals surface area contributed by atoms with Gasteiger partial charge in [0, 0.05) is 54.9 Å². The Hall–Kier alpha value is -1.80. The summed E-state index contributed by atoms with van der Waals surface area (Å²) in [6.07, 6.45) is 1.99. The Kier molecular flexibility index (Phi) is 5.29. The van der Waals surface area contributed by atoms with Gasteiger partial charge in [0.15, 0.2) is 5.82 Å². The number of anilines is 1. The van der Waals surface area contributed by atoms with Crippen molar-refractivity contribution in [3.8, 4) is 0 Å². The number of amides is 1. The van der Waals surface area contributed by atoms with Crippen LogP contribution in [0.1, 0.15) is 66.1 Å². The molecule has 1 amide bonds. The van der Waals surface area contributed by atoms with E-state index >= 15 is 0 Å². The molecule has 0 aromatic carbocycles. The molecule has 0 bridgehead atoms. The molecule has 1 atom stereocenters. The number of carbonyl (C=O) groups is 1. The highest BCUT2D eigenvalue weighted by Crippen LogP contribution is 2.54. The van der Waals surface area contributed by atoms with Crippen LogP contribution in [0.25, 0.3) is 0 Å². The third-order valence-electron chi connectivity index (χ3n) is 7.98. The van der Waals surface area contributed by atoms with Crippen molar-refractivity contribution in [1.29, 1.82) is 0 Å². The topological polar surface area (TPSA) is 63.1 Å². The normalized spacial score (nSPS) is 29.4. The van der Waals surface area contributed by atoms with Gasteiger partial charge in [-0.2, -0.15) is 5.10 Å². The number of piperazine rings is 1. The molecule has 5 rings (SSSR count). The first-order valence-electron chi connectivity index (χ1n) is 12.5. The zero-order valence-electron chi connectivity index (χ0n) is 21.4. The van der Waals surface area contributed by atoms with Crippen molar-refractivity contribution in [2.75, 3.05) is 44.3 Å². The lowest BCUT2D eigenvalue weighted by atomic mass is 9.61. The summed E-state index contributed by atoms with van der Waals surface area (Å²) in [6, 6.07) is 3.73. The summed E-state index contributed by atoms with van der Waals surface area (Å²) in [7, 11) is 0. The van der Waals surface area contributed by atoms with Crippen LogP contribution in [0.4, 0.5) is 10.6 Å². The SMILES string of the molecule is Cc1cc(N2CC(C)N(C3COC3)CC2(C)C)nn1C1CC2(C1)CN(C(=O)OC(C)(C)C)C2. The van der Waals surface area contributed by atoms with Crippen LogP contribution < -0.4 is 4.90 Å². The van der Waals surface area contributed by atoms with Crippen LogP contribution in [-0.2, 0) is 9.47 Å². The molecule has 184 valence electrons. The summed E-state index contributed by atoms with van der Waals surface area (Å²) in [5, 5.41) is 5.11. The number of ether oxygens (including phenoxy) is 2. The van der Waals surface area contributed by atoms with Crippen LogP contribution in [-0.4, -0.2) is 88.3 Å². The van der Waals surface area contributed by atoms with Gasteiger partial charge in [-0.05, 0) is 61.3 Å². The lowest BCUT2D eigenvalue weighted by molar-refractivity contribution is -0.0932. The number of hydrogen-bond donors (Lipinski definition) is 0. The van der Waals surface area contributed by atoms with Gasteiger partial charge in [-0.1, -0.05) is 0 Å². The quantitative estimate of drug-likeness (QED) is 0.690. The van der Waals surface area contributed by atoms with E-state index in [9.17, 15) is 4.79 Å². The van der Waals surface area contributed by atoms with Gasteiger partial charge >= 0.3 is 6.09 Å². The average Bonchev–Trinajstić information content (AvgIpc) is 2.93. The molecule has 0 radical (unpaired) electrons. The molecular formula is C25H41N5O3. The first-order valence-corrected chi connectivity index (χ1v) is 12.5. The summed E-state index contributed by atoms with van der Waals surface area (Å²) in [6.45, 7) is 20.3. The van der Waals surface area contributed by atoms with E-state index in [4.69, 9.17) is 14.6 Å². The van der Waals surface area contributed by atoms with Gasteiger partial charge in [-0.3, -0.25) is 9.58 Å². The first kappa shape index (κ1) is 23.0. The Morgan fingerprint density at radius 2 is 1.82 bits per heavy atom. The monoisotopic (exact) mass is 459 g/mol. The van der Waals surface area contributed by atoms with Gasteiger partial charge in [-0.25, -0.2) is 4.79 Å². The van der Waals surface area contributed by atoms with Gasteiger partial charge < -0.3 is 19.3 Å². The Morgan fingerprint density at radius 3 is 2.39 bits per heavy atom. The molecule has 4 fully saturated rings. The summed E-state index contributed by atoms with van der Waals surface area (Å²) < 4.78 is 13.2. The van der Waals surface area contributed by atoms with E-state index in [0.717, 1.165) is 58.1 Å². The Bertz CT molecular complexity index is 902. The maximum atomic E-state index is 12.3. The summed E-state index contributed by atoms with van der Waals surface area (Å²) in [5.41, 5.74) is 1.07. The molecule has 1 saturated carbocycles. The first-order chi connectivity index (χ1) is 15.4. The molecule has 3 saturated heterocycles. The summed E-state index contributed by atoms with van der Waals surface area (Å²) >= 11 is 0. The van der Waals surface area contributed by atoms with Crippen LogP contribution in [0.3, 0.4) is 0 Å². The molecule has 8 heteroatoms. The number of aromatic nitrogens is 2. The van der Waals surface area contributed by atoms with Crippen molar-refractivity contribution >= 4 is 11.9 Å². The Morgan fingerprint density at radius 1 is 1.15 bits per heavy atom. The van der Waals surface area contributed by atoms with E-state index in [2.05, 4.69) is 48.2 Å². The molecule has 1 aliphatic carbocycles. The maximum Gasteiger partial charge on any atom is 0.410 e. The van der Waals surface area contributed by atoms with Crippen molar-refractivity contribution in [2.24, 2.45) is 5.41 Å². The number of aryl methyl sites for hydroxylation is 1. The predicted molar refractivity (Wildman–Crippen MR) is 128 cm³/mol. The zero-order valence-corrected chi connectivity index (χ0v) is 21.4. The van der Waals surface area contributed by atoms with Crippen LogP contribution in [0.2, 0.25) is 0 Å². The van der Waals surface area contributed by atoms with Crippen molar-refractivity contribution in [3.63, 3.8) is 0 Å². The minimum absolute atomic E-state index is 0.0243. The molecule has 0 N–H and O–H groups in total. The molecule has 33 heavy (non-hydrogen) atoms. The minimum Gasteiger partial charge on any atom is -0.444 e. The molecule has 8 nitrogen and oxygen atoms in total. The van der Waals surface area contributed by atoms with Gasteiger partial charge in [-0.15, -0.1) is 0 Å². The van der Waals surface area contributed by atoms with Crippen molar-refractivity contribution in [2.45, 2.75) is 90.6 Å². The number of carbonyl (C=O) groups excluding carboxylic acids is 1. The third-order valence-corrected chi connectivity index (χ3v) is 7.98. The molecule has 1 spiro atoms. The highest BCUT2D eigenvalue weighted by molar-refractivity contribution is 5.69. The van der Waals surface area contributed by atoms with E-state index in [1.807, 2.05) is 25.7 Å². The van der Waals surface area contributed by atoms with Gasteiger partial charge in [0.2, 0.25) is 0 Å². The summed E-state index contributed by atoms with van der Waals surface area (Å²) in [5.74, 6) is 1.10. The van der Waals surface area contributed by atoms with Crippen LogP contribution >= 0.6 is 0 Å². The number of likely N-dealkylation sites (tertiary alicyclic amines) is 1. The molecular weight excluding hydrogens is 418 g/mol. The average molecular weight is 460 g/mol. The lowest BCUT2D eigenvalue weighted by Crippen LogP contribution is -2.67. The zero-order chi connectivity index (χ0) is 23.8. The molecule has 1 aromatic heterocycles. The fourth-order valence-corrected chi connectivity index (χ4v) is 6.17. The van der Waals surface area contributed by atoms with Crippen LogP contribution in [0, 0.1) is 12.3 Å². The van der Waals surface area contributed by atoms with Gasteiger partial charge in [0.25, 0.3) is 0 Å². The highest BCUT2D eigenvalue weighted by atomic mass is 16.6. The van der Waals surface area contributed by atoms with E-state index < -0.39 is 5.60 Å². The second kappa shape index (κ2) is 7.60. The van der Waals surface area contributed by atoms with Gasteiger partial charge in [0.05, 0.1) is 25.3 Å². The van der Waals surface area contributed by atoms with E-state index in [1.165, 1.54) is 5.69 Å². The van der Waals surface area contributed by atoms with E-state index in [1.54, 1.807) is 0 Å². The van der Waals surface area contributed by atoms with Crippen molar-refractivity contribution in [3.05, 3.63) is 11.8 Å². The van der Waals surface area contributed by atoms with E-state index in [0.29, 0.717) is 18.1 Å². The second-order valence-corrected chi connectivity index (χ2v) is 12.6. The number of nitrogens with zero attached hydrogens (tertiary/aromatic N) is 5. The summed E-state index contributed by atoms with van der Waals surface area (Å²) in [4.78, 5) is 19.3. The highest BCUT2D eigenvalue weighted by Gasteiger charge is 2.55. The second-order valence-electron chi connectivity index (χ2n) is 12.6. The van der Waals surface area contributed by atoms with Crippen LogP contribution in [0.15, 0.2) is 6.07 Å². The molecule has 4 heterocycles.